The van der Waals surface area contributed by atoms with Crippen LogP contribution in [0, 0.1) is 5.92 Å². The van der Waals surface area contributed by atoms with E-state index in [9.17, 15) is 0 Å². The smallest absolute Gasteiger partial charge is 0.269 e. The van der Waals surface area contributed by atoms with Crippen LogP contribution < -0.4 is 20.6 Å². The second-order valence-electron chi connectivity index (χ2n) is 7.38. The van der Waals surface area contributed by atoms with Gasteiger partial charge < -0.3 is 14.9 Å². The molecule has 1 atom stereocenters. The highest BCUT2D eigenvalue weighted by molar-refractivity contribution is 6.78. The van der Waals surface area contributed by atoms with Crippen LogP contribution in [0.3, 0.4) is 0 Å². The number of nitrogens with zero attached hydrogens (tertiary/aromatic N) is 2. The molecule has 6 nitrogen and oxygen atoms in total. The van der Waals surface area contributed by atoms with E-state index in [-0.39, 0.29) is 5.41 Å². The fraction of sp³-hybridized carbons (Fsp3) is 1.00. The second-order valence-corrected chi connectivity index (χ2v) is 11.2. The van der Waals surface area contributed by atoms with Crippen LogP contribution in [0.25, 0.3) is 0 Å². The summed E-state index contributed by atoms with van der Waals surface area (Å²) in [6.45, 7) is 16.9. The molecule has 0 amide bonds. The number of hydrogen-bond acceptors (Lipinski definition) is 6. The van der Waals surface area contributed by atoms with Gasteiger partial charge >= 0.3 is 0 Å². The van der Waals surface area contributed by atoms with Gasteiger partial charge in [0.15, 0.2) is 0 Å². The first-order valence-electron chi connectivity index (χ1n) is 10.0. The van der Waals surface area contributed by atoms with Gasteiger partial charge in [-0.25, -0.2) is 0 Å². The molecule has 7 heteroatoms. The maximum absolute atomic E-state index is 3.76. The molecule has 0 rings (SSSR count). The van der Waals surface area contributed by atoms with Crippen LogP contribution in [0.2, 0.25) is 0 Å². The number of rotatable bonds is 14. The Morgan fingerprint density at radius 2 is 1.40 bits per heavy atom. The molecule has 0 bridgehead atoms. The van der Waals surface area contributed by atoms with Crippen LogP contribution in [0.15, 0.2) is 0 Å². The van der Waals surface area contributed by atoms with Crippen molar-refractivity contribution in [3.8, 4) is 0 Å². The minimum absolute atomic E-state index is 0.287. The summed E-state index contributed by atoms with van der Waals surface area (Å²) in [6.07, 6.45) is 2.16. The average Bonchev–Trinajstić information content (AvgIpc) is 2.62. The summed E-state index contributed by atoms with van der Waals surface area (Å²) in [5.41, 5.74) is -0.287. The molecule has 0 radical (unpaired) electrons. The minimum atomic E-state index is -2.21. The third kappa shape index (κ3) is 5.48. The zero-order valence-corrected chi connectivity index (χ0v) is 19.6. The Morgan fingerprint density at radius 3 is 1.68 bits per heavy atom. The van der Waals surface area contributed by atoms with Crippen LogP contribution >= 0.6 is 0 Å². The van der Waals surface area contributed by atoms with Crippen LogP contribution in [0.5, 0.6) is 0 Å². The zero-order chi connectivity index (χ0) is 19.7. The van der Waals surface area contributed by atoms with E-state index in [1.165, 1.54) is 0 Å². The molecule has 0 saturated carbocycles. The Balaban J connectivity index is 6.06. The van der Waals surface area contributed by atoms with Gasteiger partial charge in [-0.2, -0.15) is 0 Å². The Kier molecular flexibility index (Phi) is 11.6. The monoisotopic (exact) mass is 374 g/mol. The topological polar surface area (TPSA) is 54.6 Å². The van der Waals surface area contributed by atoms with Crippen molar-refractivity contribution in [2.75, 3.05) is 54.0 Å². The maximum Gasteiger partial charge on any atom is 0.269 e. The maximum atomic E-state index is 3.76. The lowest BCUT2D eigenvalue weighted by Crippen LogP contribution is -2.91. The Bertz CT molecular complexity index is 344. The minimum Gasteiger partial charge on any atom is -0.324 e. The predicted octanol–water partition coefficient (Wildman–Crippen LogP) is 1.14. The summed E-state index contributed by atoms with van der Waals surface area (Å²) in [4.78, 5) is 12.7. The fourth-order valence-corrected chi connectivity index (χ4v) is 8.37. The van der Waals surface area contributed by atoms with Gasteiger partial charge in [0.25, 0.3) is 8.40 Å². The van der Waals surface area contributed by atoms with Crippen molar-refractivity contribution in [3.05, 3.63) is 0 Å². The van der Waals surface area contributed by atoms with E-state index in [2.05, 4.69) is 100 Å². The van der Waals surface area contributed by atoms with Gasteiger partial charge in [0.2, 0.25) is 0 Å². The molecule has 0 aromatic rings. The van der Waals surface area contributed by atoms with Gasteiger partial charge in [-0.05, 0) is 60.5 Å². The van der Waals surface area contributed by atoms with E-state index < -0.39 is 8.40 Å². The normalized spacial score (nSPS) is 14.8. The molecular weight excluding hydrogens is 328 g/mol. The lowest BCUT2D eigenvalue weighted by atomic mass is 10.2. The molecule has 0 aliphatic heterocycles. The van der Waals surface area contributed by atoms with E-state index in [1.807, 2.05) is 0 Å². The van der Waals surface area contributed by atoms with E-state index in [1.54, 1.807) is 0 Å². The Hall–Kier alpha value is -0.0231. The number of nitrogens with one attached hydrogen (secondary N) is 4. The summed E-state index contributed by atoms with van der Waals surface area (Å²) in [7, 11) is 6.17. The molecule has 0 aromatic carbocycles. The van der Waals surface area contributed by atoms with E-state index in [0.717, 1.165) is 32.2 Å². The second kappa shape index (κ2) is 11.6. The summed E-state index contributed by atoms with van der Waals surface area (Å²) >= 11 is 0. The molecule has 0 saturated heterocycles. The Morgan fingerprint density at radius 1 is 0.880 bits per heavy atom. The zero-order valence-electron chi connectivity index (χ0n) is 18.6. The number of hydrogen-bond donors (Lipinski definition) is 4. The molecule has 25 heavy (non-hydrogen) atoms. The third-order valence-electron chi connectivity index (χ3n) is 5.62. The highest BCUT2D eigenvalue weighted by Crippen LogP contribution is 2.23. The van der Waals surface area contributed by atoms with Crippen molar-refractivity contribution in [2.45, 2.75) is 59.4 Å². The third-order valence-corrected chi connectivity index (χ3v) is 10.3. The predicted molar refractivity (Wildman–Crippen MR) is 114 cm³/mol. The van der Waals surface area contributed by atoms with Crippen LogP contribution in [-0.2, 0) is 0 Å². The average molecular weight is 375 g/mol. The fourth-order valence-electron chi connectivity index (χ4n) is 4.10. The lowest BCUT2D eigenvalue weighted by Gasteiger charge is -2.56. The van der Waals surface area contributed by atoms with Crippen LogP contribution in [0.1, 0.15) is 48.0 Å². The summed E-state index contributed by atoms with van der Waals surface area (Å²) in [5.74, 6) is 0.663. The van der Waals surface area contributed by atoms with Gasteiger partial charge in [-0.3, -0.25) is 15.5 Å². The first-order valence-corrected chi connectivity index (χ1v) is 12.2. The molecule has 152 valence electrons. The van der Waals surface area contributed by atoms with Crippen LogP contribution in [-0.4, -0.2) is 83.6 Å². The molecule has 1 unspecified atom stereocenters. The van der Waals surface area contributed by atoms with Crippen molar-refractivity contribution < 1.29 is 0 Å². The molecule has 4 N–H and O–H groups in total. The lowest BCUT2D eigenvalue weighted by molar-refractivity contribution is 0.0565. The quantitative estimate of drug-likeness (QED) is 0.270. The molecule has 0 aromatic heterocycles. The van der Waals surface area contributed by atoms with Crippen LogP contribution in [0.4, 0.5) is 0 Å². The molecule has 0 fully saturated rings. The molecule has 0 aliphatic carbocycles. The molecular formula is C18H46N6Si. The Labute approximate surface area is 158 Å². The van der Waals surface area contributed by atoms with Crippen molar-refractivity contribution >= 4 is 8.40 Å². The van der Waals surface area contributed by atoms with Gasteiger partial charge in [0, 0.05) is 18.8 Å². The van der Waals surface area contributed by atoms with E-state index in [4.69, 9.17) is 0 Å². The van der Waals surface area contributed by atoms with Crippen molar-refractivity contribution in [1.29, 1.82) is 0 Å². The first kappa shape index (κ1) is 25.0. The van der Waals surface area contributed by atoms with Gasteiger partial charge in [-0.1, -0.05) is 34.6 Å². The first-order chi connectivity index (χ1) is 11.8. The summed E-state index contributed by atoms with van der Waals surface area (Å²) < 4.78 is 0. The highest BCUT2D eigenvalue weighted by Gasteiger charge is 2.56. The van der Waals surface area contributed by atoms with Crippen molar-refractivity contribution in [1.82, 2.24) is 30.4 Å². The van der Waals surface area contributed by atoms with Gasteiger partial charge in [0.1, 0.15) is 5.41 Å². The van der Waals surface area contributed by atoms with E-state index in [0.29, 0.717) is 12.0 Å². The summed E-state index contributed by atoms with van der Waals surface area (Å²) in [5, 5.41) is 7.36. The summed E-state index contributed by atoms with van der Waals surface area (Å²) in [6, 6.07) is 0.485. The van der Waals surface area contributed by atoms with Gasteiger partial charge in [0.05, 0.1) is 0 Å². The van der Waals surface area contributed by atoms with Gasteiger partial charge in [-0.15, -0.1) is 0 Å². The standard InChI is InChI=1S/C18H46N6Si/c1-11-17(6)24(13-3)18(19-7,20-8)25(21-9,22-10)15-23(12-2)14-16(4)5/h16-17,19-22H,11-15H2,1-10H3. The highest BCUT2D eigenvalue weighted by atomic mass is 28.3. The SMILES string of the molecule is CCC(C)N(CC)C(NC)(NC)[Si](CN(CC)CC(C)C)(NC)NC. The largest absolute Gasteiger partial charge is 0.324 e. The molecule has 0 heterocycles. The van der Waals surface area contributed by atoms with Crippen molar-refractivity contribution in [2.24, 2.45) is 5.92 Å². The van der Waals surface area contributed by atoms with E-state index >= 15 is 0 Å². The van der Waals surface area contributed by atoms with Crippen molar-refractivity contribution in [3.63, 3.8) is 0 Å². The molecule has 0 spiro atoms. The molecule has 0 aliphatic rings.